The van der Waals surface area contributed by atoms with Crippen LogP contribution in [-0.4, -0.2) is 14.5 Å². The fourth-order valence-corrected chi connectivity index (χ4v) is 2.23. The first kappa shape index (κ1) is 18.8. The SMILES string of the molecule is Cn1ccnc1-c1[c-]cccc1.[Ir].[c-]1ccccc1-c1ccccn1. The summed E-state index contributed by atoms with van der Waals surface area (Å²) in [5, 5.41) is 0. The fourth-order valence-electron chi connectivity index (χ4n) is 2.23. The second-order valence-electron chi connectivity index (χ2n) is 5.13. The molecule has 4 heteroatoms. The van der Waals surface area contributed by atoms with E-state index in [9.17, 15) is 0 Å². The monoisotopic (exact) mass is 504 g/mol. The Hall–Kier alpha value is -2.55. The van der Waals surface area contributed by atoms with Gasteiger partial charge in [-0.15, -0.1) is 71.8 Å². The Labute approximate surface area is 161 Å². The largest absolute Gasteiger partial charge is 0.373 e. The Kier molecular flexibility index (Phi) is 7.27. The molecule has 4 rings (SSSR count). The molecule has 2 heterocycles. The van der Waals surface area contributed by atoms with E-state index in [1.54, 1.807) is 12.4 Å². The van der Waals surface area contributed by atoms with Crippen molar-refractivity contribution >= 4 is 0 Å². The van der Waals surface area contributed by atoms with Crippen molar-refractivity contribution in [2.45, 2.75) is 0 Å². The van der Waals surface area contributed by atoms with Crippen LogP contribution in [0.5, 0.6) is 0 Å². The minimum atomic E-state index is 0. The molecular formula is C21H17IrN3-2. The summed E-state index contributed by atoms with van der Waals surface area (Å²) in [6, 6.07) is 27.8. The second-order valence-corrected chi connectivity index (χ2v) is 5.13. The number of pyridine rings is 1. The van der Waals surface area contributed by atoms with Crippen molar-refractivity contribution in [2.75, 3.05) is 0 Å². The van der Waals surface area contributed by atoms with Crippen LogP contribution in [0.2, 0.25) is 0 Å². The van der Waals surface area contributed by atoms with E-state index < -0.39 is 0 Å². The molecule has 0 saturated heterocycles. The van der Waals surface area contributed by atoms with Gasteiger partial charge in [0, 0.05) is 45.7 Å². The van der Waals surface area contributed by atoms with Gasteiger partial charge in [-0.3, -0.25) is 4.98 Å². The zero-order valence-corrected chi connectivity index (χ0v) is 16.2. The van der Waals surface area contributed by atoms with Crippen LogP contribution in [0.25, 0.3) is 22.6 Å². The van der Waals surface area contributed by atoms with E-state index in [0.717, 1.165) is 22.6 Å². The van der Waals surface area contributed by atoms with Gasteiger partial charge in [0.15, 0.2) is 0 Å². The van der Waals surface area contributed by atoms with Gasteiger partial charge in [-0.2, -0.15) is 0 Å². The van der Waals surface area contributed by atoms with Crippen LogP contribution in [0.15, 0.2) is 85.3 Å². The zero-order chi connectivity index (χ0) is 16.6. The van der Waals surface area contributed by atoms with Gasteiger partial charge in [-0.25, -0.2) is 0 Å². The quantitative estimate of drug-likeness (QED) is 0.379. The molecule has 25 heavy (non-hydrogen) atoms. The van der Waals surface area contributed by atoms with E-state index in [0.29, 0.717) is 0 Å². The normalized spacial score (nSPS) is 9.48. The summed E-state index contributed by atoms with van der Waals surface area (Å²) in [7, 11) is 1.98. The van der Waals surface area contributed by atoms with Crippen molar-refractivity contribution < 1.29 is 20.1 Å². The van der Waals surface area contributed by atoms with Crippen molar-refractivity contribution in [3.63, 3.8) is 0 Å². The van der Waals surface area contributed by atoms with Gasteiger partial charge in [-0.05, 0) is 11.8 Å². The molecule has 0 spiro atoms. The predicted octanol–water partition coefficient (Wildman–Crippen LogP) is 4.43. The van der Waals surface area contributed by atoms with Crippen LogP contribution < -0.4 is 0 Å². The molecule has 0 amide bonds. The third kappa shape index (κ3) is 5.21. The summed E-state index contributed by atoms with van der Waals surface area (Å²) in [5.74, 6) is 0.954. The summed E-state index contributed by atoms with van der Waals surface area (Å²) in [5.41, 5.74) is 3.04. The molecule has 3 nitrogen and oxygen atoms in total. The Balaban J connectivity index is 0.000000173. The molecule has 127 valence electrons. The fraction of sp³-hybridized carbons (Fsp3) is 0.0476. The van der Waals surface area contributed by atoms with Crippen LogP contribution in [0.3, 0.4) is 0 Å². The predicted molar refractivity (Wildman–Crippen MR) is 96.0 cm³/mol. The molecule has 0 atom stereocenters. The van der Waals surface area contributed by atoms with Gasteiger partial charge < -0.3 is 9.55 Å². The van der Waals surface area contributed by atoms with Gasteiger partial charge in [0.2, 0.25) is 0 Å². The minimum absolute atomic E-state index is 0. The number of hydrogen-bond acceptors (Lipinski definition) is 2. The average molecular weight is 504 g/mol. The number of aromatic nitrogens is 3. The maximum absolute atomic E-state index is 4.22. The average Bonchev–Trinajstić information content (AvgIpc) is 3.10. The molecule has 1 radical (unpaired) electrons. The van der Waals surface area contributed by atoms with E-state index >= 15 is 0 Å². The zero-order valence-electron chi connectivity index (χ0n) is 13.8. The summed E-state index contributed by atoms with van der Waals surface area (Å²) in [6.45, 7) is 0. The van der Waals surface area contributed by atoms with Gasteiger partial charge in [0.1, 0.15) is 0 Å². The van der Waals surface area contributed by atoms with Crippen LogP contribution >= 0.6 is 0 Å². The Bertz CT molecular complexity index is 822. The van der Waals surface area contributed by atoms with E-state index in [-0.39, 0.29) is 20.1 Å². The molecule has 0 bridgehead atoms. The van der Waals surface area contributed by atoms with Crippen LogP contribution in [0.1, 0.15) is 0 Å². The van der Waals surface area contributed by atoms with Crippen molar-refractivity contribution in [1.29, 1.82) is 0 Å². The molecule has 0 N–H and O–H groups in total. The van der Waals surface area contributed by atoms with Crippen molar-refractivity contribution in [2.24, 2.45) is 7.05 Å². The molecule has 0 aliphatic heterocycles. The summed E-state index contributed by atoms with van der Waals surface area (Å²) in [6.07, 6.45) is 5.50. The first-order chi connectivity index (χ1) is 11.8. The van der Waals surface area contributed by atoms with E-state index in [1.807, 2.05) is 84.5 Å². The third-order valence-electron chi connectivity index (χ3n) is 3.42. The van der Waals surface area contributed by atoms with Crippen molar-refractivity contribution in [3.05, 3.63) is 97.5 Å². The molecule has 0 aliphatic carbocycles. The summed E-state index contributed by atoms with van der Waals surface area (Å²) < 4.78 is 1.98. The molecular weight excluding hydrogens is 486 g/mol. The molecule has 4 aromatic rings. The molecule has 2 aromatic heterocycles. The maximum Gasteiger partial charge on any atom is 0.0555 e. The van der Waals surface area contributed by atoms with Crippen molar-refractivity contribution in [3.8, 4) is 22.6 Å². The molecule has 0 fully saturated rings. The van der Waals surface area contributed by atoms with E-state index in [2.05, 4.69) is 22.1 Å². The smallest absolute Gasteiger partial charge is 0.0555 e. The first-order valence-electron chi connectivity index (χ1n) is 7.67. The van der Waals surface area contributed by atoms with Gasteiger partial charge >= 0.3 is 0 Å². The first-order valence-corrected chi connectivity index (χ1v) is 7.67. The Morgan fingerprint density at radius 1 is 0.760 bits per heavy atom. The summed E-state index contributed by atoms with van der Waals surface area (Å²) in [4.78, 5) is 8.44. The summed E-state index contributed by atoms with van der Waals surface area (Å²) >= 11 is 0. The second kappa shape index (κ2) is 9.67. The standard InChI is InChI=1S/C11H8N.C10H9N2.Ir/c1-2-6-10(7-3-1)11-8-4-5-9-12-11;1-12-8-7-11-10(12)9-5-3-2-4-6-9;/h1-6,8-9H;2-5,7-8H,1H3;/q2*-1;. The van der Waals surface area contributed by atoms with Crippen LogP contribution in [-0.2, 0) is 27.2 Å². The van der Waals surface area contributed by atoms with Crippen LogP contribution in [0, 0.1) is 12.1 Å². The van der Waals surface area contributed by atoms with Gasteiger partial charge in [-0.1, -0.05) is 12.1 Å². The third-order valence-corrected chi connectivity index (χ3v) is 3.42. The number of aryl methyl sites for hydroxylation is 1. The molecule has 0 unspecified atom stereocenters. The Morgan fingerprint density at radius 3 is 1.96 bits per heavy atom. The van der Waals surface area contributed by atoms with E-state index in [4.69, 9.17) is 0 Å². The molecule has 0 aliphatic rings. The maximum atomic E-state index is 4.22. The number of benzene rings is 2. The number of hydrogen-bond donors (Lipinski definition) is 0. The molecule has 2 aromatic carbocycles. The van der Waals surface area contributed by atoms with Gasteiger partial charge in [0.25, 0.3) is 0 Å². The molecule has 0 saturated carbocycles. The number of imidazole rings is 1. The Morgan fingerprint density at radius 2 is 1.44 bits per heavy atom. The topological polar surface area (TPSA) is 30.7 Å². The minimum Gasteiger partial charge on any atom is -0.373 e. The van der Waals surface area contributed by atoms with E-state index in [1.165, 1.54) is 0 Å². The number of nitrogens with zero attached hydrogens (tertiary/aromatic N) is 3. The number of rotatable bonds is 2. The van der Waals surface area contributed by atoms with Crippen LogP contribution in [0.4, 0.5) is 0 Å². The van der Waals surface area contributed by atoms with Crippen molar-refractivity contribution in [1.82, 2.24) is 14.5 Å². The van der Waals surface area contributed by atoms with Gasteiger partial charge in [0.05, 0.1) is 5.82 Å².